The molecule has 1 atom stereocenters. The first-order valence-electron chi connectivity index (χ1n) is 8.25. The third-order valence-corrected chi connectivity index (χ3v) is 5.00. The number of methoxy groups -OCH3 is 1. The predicted octanol–water partition coefficient (Wildman–Crippen LogP) is 2.95. The van der Waals surface area contributed by atoms with Crippen LogP contribution in [0.15, 0.2) is 53.5 Å². The number of hydrogen-bond donors (Lipinski definition) is 2. The van der Waals surface area contributed by atoms with E-state index >= 15 is 0 Å². The van der Waals surface area contributed by atoms with Crippen molar-refractivity contribution in [3.8, 4) is 5.75 Å². The maximum Gasteiger partial charge on any atom is 0.240 e. The Balaban J connectivity index is 1.58. The van der Waals surface area contributed by atoms with Gasteiger partial charge >= 0.3 is 0 Å². The third-order valence-electron chi connectivity index (χ3n) is 3.88. The lowest BCUT2D eigenvalue weighted by Gasteiger charge is -2.08. The van der Waals surface area contributed by atoms with Crippen molar-refractivity contribution in [1.29, 1.82) is 0 Å². The van der Waals surface area contributed by atoms with Crippen molar-refractivity contribution in [2.45, 2.75) is 18.2 Å². The molecule has 0 aliphatic carbocycles. The predicted molar refractivity (Wildman–Crippen MR) is 103 cm³/mol. The Bertz CT molecular complexity index is 888. The number of carbonyl (C=O) groups is 2. The lowest BCUT2D eigenvalue weighted by Crippen LogP contribution is -2.28. The Labute approximate surface area is 160 Å². The molecule has 1 fully saturated rings. The van der Waals surface area contributed by atoms with E-state index < -0.39 is 17.0 Å². The monoisotopic (exact) mass is 387 g/mol. The van der Waals surface area contributed by atoms with Gasteiger partial charge in [-0.15, -0.1) is 0 Å². The number of aliphatic imine (C=N–C) groups is 1. The highest BCUT2D eigenvalue weighted by molar-refractivity contribution is 8.15. The van der Waals surface area contributed by atoms with Gasteiger partial charge in [0.1, 0.15) is 16.8 Å². The van der Waals surface area contributed by atoms with E-state index in [1.165, 1.54) is 30.0 Å². The summed E-state index contributed by atoms with van der Waals surface area (Å²) in [5.74, 6) is -0.522. The van der Waals surface area contributed by atoms with Crippen LogP contribution < -0.4 is 15.4 Å². The highest BCUT2D eigenvalue weighted by Gasteiger charge is 2.32. The average molecular weight is 387 g/mol. The van der Waals surface area contributed by atoms with E-state index in [-0.39, 0.29) is 18.0 Å². The molecule has 1 heterocycles. The van der Waals surface area contributed by atoms with E-state index in [9.17, 15) is 14.0 Å². The number of halogens is 1. The van der Waals surface area contributed by atoms with Crippen LogP contribution in [0.1, 0.15) is 12.0 Å². The topological polar surface area (TPSA) is 79.8 Å². The van der Waals surface area contributed by atoms with Crippen LogP contribution in [0, 0.1) is 5.82 Å². The number of ether oxygens (including phenoxy) is 1. The van der Waals surface area contributed by atoms with Gasteiger partial charge in [-0.05, 0) is 18.2 Å². The highest BCUT2D eigenvalue weighted by atomic mass is 32.2. The van der Waals surface area contributed by atoms with Crippen molar-refractivity contribution < 1.29 is 18.7 Å². The van der Waals surface area contributed by atoms with E-state index in [1.807, 2.05) is 24.3 Å². The quantitative estimate of drug-likeness (QED) is 0.799. The van der Waals surface area contributed by atoms with Crippen molar-refractivity contribution in [1.82, 2.24) is 5.32 Å². The summed E-state index contributed by atoms with van der Waals surface area (Å²) in [6.45, 7) is 0.348. The molecule has 0 saturated carbocycles. The first kappa shape index (κ1) is 18.9. The van der Waals surface area contributed by atoms with E-state index in [0.29, 0.717) is 11.7 Å². The number of para-hydroxylation sites is 2. The minimum absolute atomic E-state index is 0.0709. The highest BCUT2D eigenvalue weighted by Crippen LogP contribution is 2.25. The van der Waals surface area contributed by atoms with Gasteiger partial charge in [0.2, 0.25) is 11.8 Å². The Hall–Kier alpha value is -2.87. The first-order valence-corrected chi connectivity index (χ1v) is 9.13. The van der Waals surface area contributed by atoms with E-state index in [4.69, 9.17) is 4.74 Å². The molecule has 140 valence electrons. The van der Waals surface area contributed by atoms with Gasteiger partial charge in [-0.25, -0.2) is 4.39 Å². The smallest absolute Gasteiger partial charge is 0.240 e. The summed E-state index contributed by atoms with van der Waals surface area (Å²) in [5.41, 5.74) is 0.985. The van der Waals surface area contributed by atoms with Crippen LogP contribution in [0.4, 0.5) is 10.1 Å². The number of carbonyl (C=O) groups excluding carboxylic acids is 2. The molecule has 0 aromatic heterocycles. The summed E-state index contributed by atoms with van der Waals surface area (Å²) < 4.78 is 18.9. The minimum Gasteiger partial charge on any atom is -0.496 e. The molecule has 0 spiro atoms. The zero-order valence-corrected chi connectivity index (χ0v) is 15.4. The zero-order chi connectivity index (χ0) is 19.2. The minimum atomic E-state index is -0.604. The number of hydrogen-bond acceptors (Lipinski definition) is 5. The number of nitrogens with zero attached hydrogens (tertiary/aromatic N) is 1. The van der Waals surface area contributed by atoms with Gasteiger partial charge in [0, 0.05) is 12.0 Å². The number of rotatable bonds is 6. The van der Waals surface area contributed by atoms with Crippen LogP contribution in [0.25, 0.3) is 0 Å². The van der Waals surface area contributed by atoms with Gasteiger partial charge < -0.3 is 15.4 Å². The summed E-state index contributed by atoms with van der Waals surface area (Å²) in [6, 6.07) is 13.4. The lowest BCUT2D eigenvalue weighted by molar-refractivity contribution is -0.122. The third kappa shape index (κ3) is 4.85. The summed E-state index contributed by atoms with van der Waals surface area (Å²) in [4.78, 5) is 28.6. The Morgan fingerprint density at radius 2 is 2.00 bits per heavy atom. The summed E-state index contributed by atoms with van der Waals surface area (Å²) in [7, 11) is 1.59. The molecule has 0 radical (unpaired) electrons. The van der Waals surface area contributed by atoms with Crippen LogP contribution in [-0.2, 0) is 16.1 Å². The number of amidine groups is 1. The van der Waals surface area contributed by atoms with Crippen LogP contribution >= 0.6 is 11.8 Å². The van der Waals surface area contributed by atoms with Crippen molar-refractivity contribution in [3.63, 3.8) is 0 Å². The molecule has 2 aromatic carbocycles. The van der Waals surface area contributed by atoms with Gasteiger partial charge in [0.15, 0.2) is 5.17 Å². The second kappa shape index (κ2) is 8.68. The van der Waals surface area contributed by atoms with Crippen LogP contribution in [0.3, 0.4) is 0 Å². The molecule has 0 bridgehead atoms. The molecule has 2 aromatic rings. The number of thioether (sulfide) groups is 1. The van der Waals surface area contributed by atoms with E-state index in [1.54, 1.807) is 13.2 Å². The molecule has 3 rings (SSSR count). The fourth-order valence-electron chi connectivity index (χ4n) is 2.54. The Kier molecular flexibility index (Phi) is 6.08. The fraction of sp³-hybridized carbons (Fsp3) is 0.211. The molecular weight excluding hydrogens is 369 g/mol. The average Bonchev–Trinajstić information content (AvgIpc) is 3.01. The van der Waals surface area contributed by atoms with Gasteiger partial charge in [-0.3, -0.25) is 14.6 Å². The SMILES string of the molecule is COc1ccccc1CN=C1NC(=O)[C@@H](CC(=O)Nc2ccccc2F)S1. The maximum absolute atomic E-state index is 13.6. The second-order valence-corrected chi connectivity index (χ2v) is 6.95. The van der Waals surface area contributed by atoms with Gasteiger partial charge in [-0.1, -0.05) is 42.1 Å². The summed E-state index contributed by atoms with van der Waals surface area (Å²) in [6.07, 6.45) is -0.0709. The summed E-state index contributed by atoms with van der Waals surface area (Å²) >= 11 is 1.19. The largest absolute Gasteiger partial charge is 0.496 e. The van der Waals surface area contributed by atoms with Gasteiger partial charge in [-0.2, -0.15) is 0 Å². The number of anilines is 1. The van der Waals surface area contributed by atoms with E-state index in [2.05, 4.69) is 15.6 Å². The molecule has 1 aliphatic rings. The van der Waals surface area contributed by atoms with Gasteiger partial charge in [0.25, 0.3) is 0 Å². The molecule has 8 heteroatoms. The second-order valence-electron chi connectivity index (χ2n) is 5.76. The lowest BCUT2D eigenvalue weighted by atomic mass is 10.2. The number of amides is 2. The van der Waals surface area contributed by atoms with Crippen LogP contribution in [-0.4, -0.2) is 29.3 Å². The molecule has 6 nitrogen and oxygen atoms in total. The molecule has 2 N–H and O–H groups in total. The van der Waals surface area contributed by atoms with Crippen molar-refractivity contribution in [2.24, 2.45) is 4.99 Å². The Morgan fingerprint density at radius 3 is 2.78 bits per heavy atom. The van der Waals surface area contributed by atoms with Crippen molar-refractivity contribution in [3.05, 3.63) is 59.9 Å². The Morgan fingerprint density at radius 1 is 1.26 bits per heavy atom. The molecule has 2 amide bonds. The standard InChI is InChI=1S/C19H18FN3O3S/c1-26-15-9-5-2-6-12(15)11-21-19-23-18(25)16(27-19)10-17(24)22-14-8-4-3-7-13(14)20/h2-9,16H,10-11H2,1H3,(H,22,24)(H,21,23,25)/t16-/m1/s1. The van der Waals surface area contributed by atoms with Crippen LogP contribution in [0.2, 0.25) is 0 Å². The number of benzene rings is 2. The maximum atomic E-state index is 13.6. The molecule has 1 aliphatic heterocycles. The van der Waals surface area contributed by atoms with Gasteiger partial charge in [0.05, 0.1) is 19.3 Å². The number of nitrogens with one attached hydrogen (secondary N) is 2. The normalized spacial score (nSPS) is 17.6. The van der Waals surface area contributed by atoms with E-state index in [0.717, 1.165) is 11.3 Å². The molecule has 1 saturated heterocycles. The zero-order valence-electron chi connectivity index (χ0n) is 14.6. The van der Waals surface area contributed by atoms with Crippen molar-refractivity contribution >= 4 is 34.4 Å². The van der Waals surface area contributed by atoms with Crippen LogP contribution in [0.5, 0.6) is 5.75 Å². The first-order chi connectivity index (χ1) is 13.1. The van der Waals surface area contributed by atoms with Crippen molar-refractivity contribution in [2.75, 3.05) is 12.4 Å². The molecule has 0 unspecified atom stereocenters. The fourth-order valence-corrected chi connectivity index (χ4v) is 3.51. The molecule has 27 heavy (non-hydrogen) atoms. The molecular formula is C19H18FN3O3S. The summed E-state index contributed by atoms with van der Waals surface area (Å²) in [5, 5.41) is 5.00.